The van der Waals surface area contributed by atoms with Crippen molar-refractivity contribution in [3.8, 4) is 0 Å². The van der Waals surface area contributed by atoms with Gasteiger partial charge in [0.15, 0.2) is 5.82 Å². The second-order valence-corrected chi connectivity index (χ2v) is 10.3. The van der Waals surface area contributed by atoms with Gasteiger partial charge in [-0.25, -0.2) is 27.2 Å². The number of carboxylic acids is 1. The maximum atomic E-state index is 15.8. The zero-order valence-electron chi connectivity index (χ0n) is 22.9. The number of cyclic esters (lactones) is 1. The van der Waals surface area contributed by atoms with Gasteiger partial charge in [0.1, 0.15) is 47.5 Å². The van der Waals surface area contributed by atoms with E-state index in [1.807, 2.05) is 0 Å². The van der Waals surface area contributed by atoms with Crippen molar-refractivity contribution < 1.29 is 41.8 Å². The highest BCUT2D eigenvalue weighted by Crippen LogP contribution is 2.33. The molecule has 0 aliphatic carbocycles. The molecule has 0 saturated carbocycles. The van der Waals surface area contributed by atoms with Crippen LogP contribution in [0.2, 0.25) is 0 Å². The summed E-state index contributed by atoms with van der Waals surface area (Å²) in [7, 11) is 0. The number of pyridine rings is 1. The molecule has 2 aromatic carbocycles. The molecule has 2 aliphatic heterocycles. The van der Waals surface area contributed by atoms with Crippen LogP contribution in [0.3, 0.4) is 0 Å². The SMILES string of the molecule is CC(=O)[C@@H](N)C1CN(c2ccc(N3CCN(c4c(F)cc5c(=O)c(C(=O)O)cn(CCF)c5c4F)CC3)c(F)c2)C(=O)O1. The fourth-order valence-electron chi connectivity index (χ4n) is 5.42. The Kier molecular flexibility index (Phi) is 8.01. The van der Waals surface area contributed by atoms with E-state index in [0.717, 1.165) is 22.9 Å². The first-order valence-corrected chi connectivity index (χ1v) is 13.3. The monoisotopic (exact) mass is 605 g/mol. The molecular weight excluding hydrogens is 578 g/mol. The molecule has 2 fully saturated rings. The number of Topliss-reactive ketones (excluding diaryl/α,β-unsaturated/α-hetero) is 1. The fourth-order valence-corrected chi connectivity index (χ4v) is 5.42. The van der Waals surface area contributed by atoms with Gasteiger partial charge in [0.25, 0.3) is 0 Å². The molecule has 3 aromatic rings. The number of ether oxygens (including phenoxy) is 1. The lowest BCUT2D eigenvalue weighted by Crippen LogP contribution is -2.47. The zero-order chi connectivity index (χ0) is 31.2. The number of nitrogens with two attached hydrogens (primary N) is 1. The number of carbonyl (C=O) groups excluding carboxylic acids is 2. The van der Waals surface area contributed by atoms with Gasteiger partial charge < -0.3 is 29.9 Å². The van der Waals surface area contributed by atoms with Crippen LogP contribution in [0, 0.1) is 17.5 Å². The number of aromatic nitrogens is 1. The fraction of sp³-hybridized carbons (Fsp3) is 0.357. The van der Waals surface area contributed by atoms with Gasteiger partial charge in [0.2, 0.25) is 5.43 Å². The molecule has 2 saturated heterocycles. The minimum atomic E-state index is -1.61. The minimum Gasteiger partial charge on any atom is -0.477 e. The van der Waals surface area contributed by atoms with Crippen molar-refractivity contribution in [2.45, 2.75) is 25.6 Å². The molecule has 228 valence electrons. The van der Waals surface area contributed by atoms with Crippen molar-refractivity contribution in [1.29, 1.82) is 0 Å². The molecule has 5 rings (SSSR count). The molecule has 1 unspecified atom stereocenters. The van der Waals surface area contributed by atoms with Crippen molar-refractivity contribution in [2.75, 3.05) is 54.1 Å². The van der Waals surface area contributed by atoms with E-state index in [0.29, 0.717) is 0 Å². The number of carbonyl (C=O) groups is 3. The van der Waals surface area contributed by atoms with Crippen molar-refractivity contribution in [1.82, 2.24) is 4.57 Å². The number of alkyl halides is 1. The summed E-state index contributed by atoms with van der Waals surface area (Å²) in [6.45, 7) is 0.178. The third-order valence-corrected chi connectivity index (χ3v) is 7.67. The van der Waals surface area contributed by atoms with Gasteiger partial charge in [-0.1, -0.05) is 0 Å². The highest BCUT2D eigenvalue weighted by atomic mass is 19.1. The summed E-state index contributed by atoms with van der Waals surface area (Å²) >= 11 is 0. The molecule has 0 spiro atoms. The van der Waals surface area contributed by atoms with Gasteiger partial charge in [0.05, 0.1) is 35.4 Å². The summed E-state index contributed by atoms with van der Waals surface area (Å²) in [6, 6.07) is 3.84. The Bertz CT molecular complexity index is 1690. The molecule has 3 heterocycles. The number of anilines is 3. The molecule has 0 bridgehead atoms. The zero-order valence-corrected chi connectivity index (χ0v) is 22.9. The number of carboxylic acid groups (broad SMARTS) is 1. The Morgan fingerprint density at radius 3 is 2.35 bits per heavy atom. The van der Waals surface area contributed by atoms with Crippen LogP contribution in [-0.4, -0.2) is 79.1 Å². The molecule has 3 N–H and O–H groups in total. The summed E-state index contributed by atoms with van der Waals surface area (Å²) in [5.74, 6) is -4.86. The normalized spacial score (nSPS) is 17.9. The number of halogens is 4. The minimum absolute atomic E-state index is 0.0310. The number of aryl methyl sites for hydroxylation is 1. The van der Waals surface area contributed by atoms with Crippen LogP contribution in [-0.2, 0) is 16.1 Å². The van der Waals surface area contributed by atoms with Crippen LogP contribution >= 0.6 is 0 Å². The Morgan fingerprint density at radius 2 is 1.74 bits per heavy atom. The lowest BCUT2D eigenvalue weighted by atomic mass is 10.1. The highest BCUT2D eigenvalue weighted by molar-refractivity contribution is 5.94. The predicted octanol–water partition coefficient (Wildman–Crippen LogP) is 2.65. The van der Waals surface area contributed by atoms with Crippen LogP contribution < -0.4 is 25.9 Å². The Hall–Kier alpha value is -4.66. The number of amides is 1. The van der Waals surface area contributed by atoms with Crippen molar-refractivity contribution in [2.24, 2.45) is 5.73 Å². The number of nitrogens with zero attached hydrogens (tertiary/aromatic N) is 4. The number of fused-ring (bicyclic) bond motifs is 1. The lowest BCUT2D eigenvalue weighted by molar-refractivity contribution is -0.120. The largest absolute Gasteiger partial charge is 0.477 e. The molecule has 15 heteroatoms. The quantitative estimate of drug-likeness (QED) is 0.371. The molecular formula is C28H27F4N5O6. The lowest BCUT2D eigenvalue weighted by Gasteiger charge is -2.38. The molecule has 2 aliphatic rings. The molecule has 1 aromatic heterocycles. The van der Waals surface area contributed by atoms with Gasteiger partial charge in [-0.15, -0.1) is 0 Å². The van der Waals surface area contributed by atoms with Crippen LogP contribution in [0.5, 0.6) is 0 Å². The van der Waals surface area contributed by atoms with Crippen LogP contribution in [0.25, 0.3) is 10.9 Å². The molecule has 0 radical (unpaired) electrons. The van der Waals surface area contributed by atoms with E-state index in [-0.39, 0.29) is 49.9 Å². The third-order valence-electron chi connectivity index (χ3n) is 7.67. The Balaban J connectivity index is 1.36. The van der Waals surface area contributed by atoms with E-state index in [2.05, 4.69) is 0 Å². The van der Waals surface area contributed by atoms with Gasteiger partial charge in [-0.2, -0.15) is 0 Å². The third kappa shape index (κ3) is 5.35. The first-order chi connectivity index (χ1) is 20.4. The molecule has 11 nitrogen and oxygen atoms in total. The number of hydrogen-bond acceptors (Lipinski definition) is 8. The molecule has 2 atom stereocenters. The summed E-state index contributed by atoms with van der Waals surface area (Å²) in [5, 5.41) is 8.79. The maximum absolute atomic E-state index is 15.8. The van der Waals surface area contributed by atoms with Gasteiger partial charge in [-0.3, -0.25) is 14.5 Å². The van der Waals surface area contributed by atoms with E-state index in [1.54, 1.807) is 4.90 Å². The van der Waals surface area contributed by atoms with Gasteiger partial charge >= 0.3 is 12.1 Å². The summed E-state index contributed by atoms with van der Waals surface area (Å²) in [4.78, 5) is 52.2. The van der Waals surface area contributed by atoms with Gasteiger partial charge in [0, 0.05) is 32.4 Å². The van der Waals surface area contributed by atoms with Crippen LogP contribution in [0.4, 0.5) is 39.4 Å². The van der Waals surface area contributed by atoms with E-state index in [1.165, 1.54) is 28.9 Å². The summed E-state index contributed by atoms with van der Waals surface area (Å²) in [5.41, 5.74) is 3.45. The van der Waals surface area contributed by atoms with Crippen LogP contribution in [0.1, 0.15) is 17.3 Å². The van der Waals surface area contributed by atoms with E-state index in [4.69, 9.17) is 10.5 Å². The van der Waals surface area contributed by atoms with E-state index in [9.17, 15) is 28.7 Å². The number of piperazine rings is 1. The highest BCUT2D eigenvalue weighted by Gasteiger charge is 2.38. The number of benzene rings is 2. The first-order valence-electron chi connectivity index (χ1n) is 13.3. The van der Waals surface area contributed by atoms with E-state index < -0.39 is 82.5 Å². The van der Waals surface area contributed by atoms with Crippen molar-refractivity contribution in [3.05, 3.63) is 63.7 Å². The number of ketones is 1. The summed E-state index contributed by atoms with van der Waals surface area (Å²) in [6.07, 6.45) is -0.804. The molecule has 1 amide bonds. The summed E-state index contributed by atoms with van der Waals surface area (Å²) < 4.78 is 65.6. The average Bonchev–Trinajstić information content (AvgIpc) is 3.35. The second kappa shape index (κ2) is 11.6. The predicted molar refractivity (Wildman–Crippen MR) is 148 cm³/mol. The standard InChI is InChI=1S/C28H27F4N5O6/c1-14(38)23(33)21-13-37(28(42)43-21)15-2-3-20(18(30)10-15)34-6-8-35(9-7-34)25-19(31)11-16-24(22(25)32)36(5-4-29)12-17(26(16)39)27(40)41/h2-3,10-12,21,23H,4-9,13,33H2,1H3,(H,40,41)/t21?,23-/m1/s1. The Morgan fingerprint density at radius 1 is 1.07 bits per heavy atom. The number of aromatic carboxylic acids is 1. The smallest absolute Gasteiger partial charge is 0.414 e. The molecule has 43 heavy (non-hydrogen) atoms. The number of hydrogen-bond donors (Lipinski definition) is 2. The van der Waals surface area contributed by atoms with Gasteiger partial charge in [-0.05, 0) is 31.2 Å². The first kappa shape index (κ1) is 29.8. The van der Waals surface area contributed by atoms with E-state index >= 15 is 13.2 Å². The maximum Gasteiger partial charge on any atom is 0.414 e. The number of rotatable bonds is 8. The Labute approximate surface area is 241 Å². The van der Waals surface area contributed by atoms with Crippen LogP contribution in [0.15, 0.2) is 35.3 Å². The average molecular weight is 606 g/mol. The second-order valence-electron chi connectivity index (χ2n) is 10.3. The van der Waals surface area contributed by atoms with Crippen molar-refractivity contribution in [3.63, 3.8) is 0 Å². The topological polar surface area (TPSA) is 138 Å². The van der Waals surface area contributed by atoms with Crippen molar-refractivity contribution >= 4 is 45.8 Å².